The van der Waals surface area contributed by atoms with Gasteiger partial charge < -0.3 is 4.74 Å². The van der Waals surface area contributed by atoms with E-state index in [1.54, 1.807) is 10.8 Å². The average molecular weight is 291 g/mol. The second-order valence-corrected chi connectivity index (χ2v) is 7.69. The smallest absolute Gasteiger partial charge is 0.418 e. The van der Waals surface area contributed by atoms with Gasteiger partial charge in [0.05, 0.1) is 0 Å². The van der Waals surface area contributed by atoms with Crippen LogP contribution in [0.3, 0.4) is 0 Å². The summed E-state index contributed by atoms with van der Waals surface area (Å²) in [7, 11) is 0. The Morgan fingerprint density at radius 2 is 1.90 bits per heavy atom. The molecule has 116 valence electrons. The lowest BCUT2D eigenvalue weighted by molar-refractivity contribution is -0.121. The number of carbonyl (C=O) groups is 2. The van der Waals surface area contributed by atoms with Gasteiger partial charge in [0, 0.05) is 24.7 Å². The minimum Gasteiger partial charge on any atom is -0.443 e. The van der Waals surface area contributed by atoms with E-state index in [2.05, 4.69) is 13.8 Å². The standard InChI is InChI=1S/C17H25NO3/c1-16(2,3)21-15(20)18-9-8-12-6-7-13(19)10-17(4,5)11-14(12)18/h8-9H,6-7,10-11H2,1-5H3. The Balaban J connectivity index is 2.34. The van der Waals surface area contributed by atoms with E-state index in [-0.39, 0.29) is 11.5 Å². The van der Waals surface area contributed by atoms with E-state index in [4.69, 9.17) is 4.74 Å². The molecule has 1 heterocycles. The fourth-order valence-electron chi connectivity index (χ4n) is 2.83. The van der Waals surface area contributed by atoms with Crippen LogP contribution >= 0.6 is 0 Å². The number of ether oxygens (including phenoxy) is 1. The molecule has 21 heavy (non-hydrogen) atoms. The molecule has 1 aliphatic rings. The SMILES string of the molecule is CC1(C)CC(=O)CCc2ccn(C(=O)OC(C)(C)C)c2C1. The third-order valence-electron chi connectivity index (χ3n) is 3.67. The zero-order chi connectivity index (χ0) is 15.8. The molecule has 0 radical (unpaired) electrons. The largest absolute Gasteiger partial charge is 0.443 e. The number of aromatic nitrogens is 1. The molecular weight excluding hydrogens is 266 g/mol. The number of hydrogen-bond donors (Lipinski definition) is 0. The van der Waals surface area contributed by atoms with Gasteiger partial charge in [0.2, 0.25) is 0 Å². The topological polar surface area (TPSA) is 48.3 Å². The van der Waals surface area contributed by atoms with E-state index in [1.807, 2.05) is 26.8 Å². The number of Topliss-reactive ketones (excluding diaryl/α,β-unsaturated/α-hetero) is 1. The zero-order valence-corrected chi connectivity index (χ0v) is 13.7. The fraction of sp³-hybridized carbons (Fsp3) is 0.647. The van der Waals surface area contributed by atoms with Crippen molar-refractivity contribution in [2.24, 2.45) is 5.41 Å². The summed E-state index contributed by atoms with van der Waals surface area (Å²) in [6.45, 7) is 9.74. The van der Waals surface area contributed by atoms with Crippen LogP contribution < -0.4 is 0 Å². The Labute approximate surface area is 126 Å². The normalized spacial score (nSPS) is 18.6. The Kier molecular flexibility index (Phi) is 4.00. The van der Waals surface area contributed by atoms with Crippen molar-refractivity contribution in [2.45, 2.75) is 65.9 Å². The second-order valence-electron chi connectivity index (χ2n) is 7.69. The van der Waals surface area contributed by atoms with Crippen LogP contribution in [0.2, 0.25) is 0 Å². The summed E-state index contributed by atoms with van der Waals surface area (Å²) in [5, 5.41) is 0. The van der Waals surface area contributed by atoms with E-state index in [0.29, 0.717) is 31.5 Å². The van der Waals surface area contributed by atoms with Gasteiger partial charge in [0.25, 0.3) is 0 Å². The summed E-state index contributed by atoms with van der Waals surface area (Å²) >= 11 is 0. The molecule has 0 bridgehead atoms. The van der Waals surface area contributed by atoms with Crippen LogP contribution in [0.5, 0.6) is 0 Å². The zero-order valence-electron chi connectivity index (χ0n) is 13.7. The molecule has 1 aromatic rings. The van der Waals surface area contributed by atoms with E-state index in [1.165, 1.54) is 0 Å². The molecule has 0 N–H and O–H groups in total. The van der Waals surface area contributed by atoms with Crippen molar-refractivity contribution in [1.82, 2.24) is 4.57 Å². The first kappa shape index (κ1) is 15.8. The molecule has 0 unspecified atom stereocenters. The molecular formula is C17H25NO3. The first-order chi connectivity index (χ1) is 9.57. The highest BCUT2D eigenvalue weighted by Gasteiger charge is 2.30. The maximum absolute atomic E-state index is 12.3. The number of ketones is 1. The van der Waals surface area contributed by atoms with E-state index >= 15 is 0 Å². The van der Waals surface area contributed by atoms with Gasteiger partial charge in [-0.2, -0.15) is 0 Å². The maximum atomic E-state index is 12.3. The van der Waals surface area contributed by atoms with Crippen molar-refractivity contribution in [1.29, 1.82) is 0 Å². The van der Waals surface area contributed by atoms with Crippen LogP contribution in [0.25, 0.3) is 0 Å². The summed E-state index contributed by atoms with van der Waals surface area (Å²) in [4.78, 5) is 24.2. The molecule has 0 atom stereocenters. The first-order valence-electron chi connectivity index (χ1n) is 7.52. The van der Waals surface area contributed by atoms with Crippen molar-refractivity contribution in [3.05, 3.63) is 23.5 Å². The highest BCUT2D eigenvalue weighted by molar-refractivity contribution is 5.80. The van der Waals surface area contributed by atoms with Crippen LogP contribution in [0.15, 0.2) is 12.3 Å². The van der Waals surface area contributed by atoms with Crippen molar-refractivity contribution in [3.63, 3.8) is 0 Å². The molecule has 0 aromatic carbocycles. The van der Waals surface area contributed by atoms with Crippen LogP contribution in [-0.4, -0.2) is 22.0 Å². The van der Waals surface area contributed by atoms with Crippen LogP contribution in [0.4, 0.5) is 4.79 Å². The number of fused-ring (bicyclic) bond motifs is 1. The number of rotatable bonds is 0. The van der Waals surface area contributed by atoms with Gasteiger partial charge in [0.15, 0.2) is 0 Å². The lowest BCUT2D eigenvalue weighted by Crippen LogP contribution is -2.30. The third kappa shape index (κ3) is 3.96. The van der Waals surface area contributed by atoms with Crippen LogP contribution in [0.1, 0.15) is 58.7 Å². The predicted octanol–water partition coefficient (Wildman–Crippen LogP) is 3.75. The molecule has 4 nitrogen and oxygen atoms in total. The molecule has 0 aliphatic heterocycles. The van der Waals surface area contributed by atoms with Crippen molar-refractivity contribution in [3.8, 4) is 0 Å². The number of carbonyl (C=O) groups excluding carboxylic acids is 2. The van der Waals surface area contributed by atoms with Gasteiger partial charge in [0.1, 0.15) is 11.4 Å². The molecule has 1 aromatic heterocycles. The molecule has 0 saturated heterocycles. The van der Waals surface area contributed by atoms with Crippen molar-refractivity contribution >= 4 is 11.9 Å². The fourth-order valence-corrected chi connectivity index (χ4v) is 2.83. The van der Waals surface area contributed by atoms with E-state index in [9.17, 15) is 9.59 Å². The van der Waals surface area contributed by atoms with Crippen LogP contribution in [-0.2, 0) is 22.4 Å². The molecule has 2 rings (SSSR count). The Hall–Kier alpha value is -1.58. The molecule has 0 amide bonds. The first-order valence-corrected chi connectivity index (χ1v) is 7.52. The van der Waals surface area contributed by atoms with Gasteiger partial charge in [-0.1, -0.05) is 13.8 Å². The lowest BCUT2D eigenvalue weighted by Gasteiger charge is -2.28. The molecule has 0 saturated carbocycles. The third-order valence-corrected chi connectivity index (χ3v) is 3.67. The van der Waals surface area contributed by atoms with E-state index < -0.39 is 5.60 Å². The highest BCUT2D eigenvalue weighted by Crippen LogP contribution is 2.32. The second kappa shape index (κ2) is 5.32. The minimum atomic E-state index is -0.513. The van der Waals surface area contributed by atoms with E-state index in [0.717, 1.165) is 11.3 Å². The quantitative estimate of drug-likeness (QED) is 0.731. The van der Waals surface area contributed by atoms with Crippen molar-refractivity contribution in [2.75, 3.05) is 0 Å². The predicted molar refractivity (Wildman–Crippen MR) is 81.5 cm³/mol. The van der Waals surface area contributed by atoms with Gasteiger partial charge in [-0.15, -0.1) is 0 Å². The van der Waals surface area contributed by atoms with Gasteiger partial charge in [-0.05, 0) is 50.7 Å². The minimum absolute atomic E-state index is 0.135. The summed E-state index contributed by atoms with van der Waals surface area (Å²) in [6, 6.07) is 1.94. The summed E-state index contributed by atoms with van der Waals surface area (Å²) in [5.74, 6) is 0.302. The number of nitrogens with zero attached hydrogens (tertiary/aromatic N) is 1. The van der Waals surface area contributed by atoms with Gasteiger partial charge in [-0.25, -0.2) is 4.79 Å². The Morgan fingerprint density at radius 1 is 1.24 bits per heavy atom. The summed E-state index contributed by atoms with van der Waals surface area (Å²) in [6.07, 6.45) is 3.96. The van der Waals surface area contributed by atoms with Crippen molar-refractivity contribution < 1.29 is 14.3 Å². The highest BCUT2D eigenvalue weighted by atomic mass is 16.6. The molecule has 0 spiro atoms. The molecule has 0 fully saturated rings. The molecule has 4 heteroatoms. The average Bonchev–Trinajstić information content (AvgIpc) is 2.63. The Morgan fingerprint density at radius 3 is 2.52 bits per heavy atom. The van der Waals surface area contributed by atoms with Crippen LogP contribution in [0, 0.1) is 5.41 Å². The van der Waals surface area contributed by atoms with Gasteiger partial charge >= 0.3 is 6.09 Å². The maximum Gasteiger partial charge on any atom is 0.418 e. The summed E-state index contributed by atoms with van der Waals surface area (Å²) in [5.41, 5.74) is 1.43. The number of aryl methyl sites for hydroxylation is 1. The Bertz CT molecular complexity index is 561. The molecule has 1 aliphatic carbocycles. The lowest BCUT2D eigenvalue weighted by atomic mass is 9.79. The number of hydrogen-bond acceptors (Lipinski definition) is 3. The van der Waals surface area contributed by atoms with Gasteiger partial charge in [-0.3, -0.25) is 9.36 Å². The summed E-state index contributed by atoms with van der Waals surface area (Å²) < 4.78 is 7.08. The monoisotopic (exact) mass is 291 g/mol.